The van der Waals surface area contributed by atoms with E-state index in [4.69, 9.17) is 5.73 Å². The van der Waals surface area contributed by atoms with E-state index >= 15 is 0 Å². The highest BCUT2D eigenvalue weighted by Gasteiger charge is 2.25. The first kappa shape index (κ1) is 15.8. The van der Waals surface area contributed by atoms with E-state index in [-0.39, 0.29) is 17.4 Å². The molecule has 0 aromatic heterocycles. The fourth-order valence-electron chi connectivity index (χ4n) is 2.42. The average Bonchev–Trinajstić information content (AvgIpc) is 2.41. The summed E-state index contributed by atoms with van der Waals surface area (Å²) in [6.07, 6.45) is 3.23. The number of nitrogens with two attached hydrogens (primary N) is 1. The molecule has 1 aromatic rings. The quantitative estimate of drug-likeness (QED) is 0.712. The van der Waals surface area contributed by atoms with Gasteiger partial charge in [0.15, 0.2) is 0 Å². The minimum Gasteiger partial charge on any atom is -0.398 e. The second-order valence-electron chi connectivity index (χ2n) is 5.15. The number of rotatable bonds is 4. The number of hydrogen-bond donors (Lipinski definition) is 3. The van der Waals surface area contributed by atoms with Gasteiger partial charge in [0.2, 0.25) is 10.0 Å². The van der Waals surface area contributed by atoms with Crippen LogP contribution in [0.1, 0.15) is 25.7 Å². The number of aliphatic hydroxyl groups excluding tert-OH is 1. The second-order valence-corrected chi connectivity index (χ2v) is 7.77. The van der Waals surface area contributed by atoms with Crippen molar-refractivity contribution in [2.45, 2.75) is 36.7 Å². The minimum atomic E-state index is -3.58. The third kappa shape index (κ3) is 3.72. The lowest BCUT2D eigenvalue weighted by atomic mass is 9.87. The fourth-order valence-corrected chi connectivity index (χ4v) is 3.79. The summed E-state index contributed by atoms with van der Waals surface area (Å²) in [5, 5.41) is 9.86. The molecule has 0 saturated heterocycles. The molecular weight excluding hydrogens is 344 g/mol. The molecule has 20 heavy (non-hydrogen) atoms. The zero-order chi connectivity index (χ0) is 14.8. The van der Waals surface area contributed by atoms with Crippen LogP contribution in [0.2, 0.25) is 0 Å². The summed E-state index contributed by atoms with van der Waals surface area (Å²) >= 11 is 3.23. The SMILES string of the molecule is Nc1cc(S(=O)(=O)NCC2CCCCC2O)ccc1Br. The van der Waals surface area contributed by atoms with Crippen molar-refractivity contribution >= 4 is 31.6 Å². The van der Waals surface area contributed by atoms with E-state index in [1.165, 1.54) is 12.1 Å². The van der Waals surface area contributed by atoms with Crippen LogP contribution in [-0.4, -0.2) is 26.2 Å². The number of hydrogen-bond acceptors (Lipinski definition) is 4. The smallest absolute Gasteiger partial charge is 0.240 e. The van der Waals surface area contributed by atoms with Crippen molar-refractivity contribution < 1.29 is 13.5 Å². The topological polar surface area (TPSA) is 92.4 Å². The van der Waals surface area contributed by atoms with Crippen molar-refractivity contribution in [3.63, 3.8) is 0 Å². The van der Waals surface area contributed by atoms with Gasteiger partial charge in [-0.15, -0.1) is 0 Å². The third-order valence-electron chi connectivity index (χ3n) is 3.68. The first-order valence-corrected chi connectivity index (χ1v) is 8.90. The summed E-state index contributed by atoms with van der Waals surface area (Å²) in [7, 11) is -3.58. The first-order chi connectivity index (χ1) is 9.40. The Hall–Kier alpha value is -0.630. The van der Waals surface area contributed by atoms with Crippen molar-refractivity contribution in [1.29, 1.82) is 0 Å². The van der Waals surface area contributed by atoms with Gasteiger partial charge in [0.05, 0.1) is 11.0 Å². The molecule has 0 bridgehead atoms. The predicted molar refractivity (Wildman–Crippen MR) is 81.7 cm³/mol. The van der Waals surface area contributed by atoms with Crippen molar-refractivity contribution in [2.24, 2.45) is 5.92 Å². The fraction of sp³-hybridized carbons (Fsp3) is 0.538. The number of sulfonamides is 1. The molecule has 112 valence electrons. The van der Waals surface area contributed by atoms with Gasteiger partial charge >= 0.3 is 0 Å². The molecule has 0 aliphatic heterocycles. The Bertz CT molecular complexity index is 577. The van der Waals surface area contributed by atoms with Crippen LogP contribution in [-0.2, 0) is 10.0 Å². The number of aliphatic hydroxyl groups is 1. The maximum Gasteiger partial charge on any atom is 0.240 e. The van der Waals surface area contributed by atoms with Crippen LogP contribution in [0.15, 0.2) is 27.6 Å². The van der Waals surface area contributed by atoms with Gasteiger partial charge in [0, 0.05) is 16.7 Å². The largest absolute Gasteiger partial charge is 0.398 e. The molecule has 1 aromatic carbocycles. The Morgan fingerprint density at radius 3 is 2.70 bits per heavy atom. The van der Waals surface area contributed by atoms with Crippen LogP contribution >= 0.6 is 15.9 Å². The highest BCUT2D eigenvalue weighted by atomic mass is 79.9. The zero-order valence-corrected chi connectivity index (χ0v) is 13.5. The van der Waals surface area contributed by atoms with E-state index in [0.717, 1.165) is 25.7 Å². The van der Waals surface area contributed by atoms with E-state index in [1.54, 1.807) is 6.07 Å². The second kappa shape index (κ2) is 6.43. The molecule has 2 unspecified atom stereocenters. The van der Waals surface area contributed by atoms with Crippen LogP contribution in [0.25, 0.3) is 0 Å². The Kier molecular flexibility index (Phi) is 5.06. The predicted octanol–water partition coefficient (Wildman–Crippen LogP) is 1.86. The summed E-state index contributed by atoms with van der Waals surface area (Å²) in [6.45, 7) is 0.263. The maximum absolute atomic E-state index is 12.2. The molecule has 5 nitrogen and oxygen atoms in total. The molecule has 4 N–H and O–H groups in total. The Balaban J connectivity index is 2.05. The number of benzene rings is 1. The van der Waals surface area contributed by atoms with Crippen molar-refractivity contribution in [1.82, 2.24) is 4.72 Å². The molecule has 1 aliphatic rings. The van der Waals surface area contributed by atoms with Gasteiger partial charge in [-0.05, 0) is 52.9 Å². The summed E-state index contributed by atoms with van der Waals surface area (Å²) in [5.74, 6) is -0.00804. The van der Waals surface area contributed by atoms with Gasteiger partial charge in [-0.1, -0.05) is 12.8 Å². The van der Waals surface area contributed by atoms with E-state index in [2.05, 4.69) is 20.7 Å². The lowest BCUT2D eigenvalue weighted by molar-refractivity contribution is 0.0724. The molecule has 7 heteroatoms. The molecule has 0 heterocycles. The molecule has 2 rings (SSSR count). The molecule has 0 spiro atoms. The molecule has 2 atom stereocenters. The van der Waals surface area contributed by atoms with Crippen molar-refractivity contribution in [3.05, 3.63) is 22.7 Å². The molecular formula is C13H19BrN2O3S. The van der Waals surface area contributed by atoms with Gasteiger partial charge in [0.25, 0.3) is 0 Å². The summed E-state index contributed by atoms with van der Waals surface area (Å²) < 4.78 is 27.6. The summed E-state index contributed by atoms with van der Waals surface area (Å²) in [4.78, 5) is 0.142. The number of nitrogen functional groups attached to an aromatic ring is 1. The third-order valence-corrected chi connectivity index (χ3v) is 5.83. The monoisotopic (exact) mass is 362 g/mol. The van der Waals surface area contributed by atoms with Crippen LogP contribution < -0.4 is 10.5 Å². The van der Waals surface area contributed by atoms with Crippen molar-refractivity contribution in [2.75, 3.05) is 12.3 Å². The Morgan fingerprint density at radius 1 is 1.35 bits per heavy atom. The Labute approximate surface area is 127 Å². The molecule has 1 saturated carbocycles. The van der Waals surface area contributed by atoms with Gasteiger partial charge in [-0.2, -0.15) is 0 Å². The van der Waals surface area contributed by atoms with Crippen LogP contribution in [0.4, 0.5) is 5.69 Å². The highest BCUT2D eigenvalue weighted by molar-refractivity contribution is 9.10. The lowest BCUT2D eigenvalue weighted by Gasteiger charge is -2.27. The highest BCUT2D eigenvalue weighted by Crippen LogP contribution is 2.25. The van der Waals surface area contributed by atoms with E-state index in [9.17, 15) is 13.5 Å². The van der Waals surface area contributed by atoms with Gasteiger partial charge in [-0.3, -0.25) is 0 Å². The van der Waals surface area contributed by atoms with E-state index in [1.807, 2.05) is 0 Å². The van der Waals surface area contributed by atoms with Gasteiger partial charge < -0.3 is 10.8 Å². The summed E-state index contributed by atoms with van der Waals surface area (Å²) in [6, 6.07) is 4.53. The maximum atomic E-state index is 12.2. The van der Waals surface area contributed by atoms with Crippen molar-refractivity contribution in [3.8, 4) is 0 Å². The standard InChI is InChI=1S/C13H19BrN2O3S/c14-11-6-5-10(7-12(11)15)20(18,19)16-8-9-3-1-2-4-13(9)17/h5-7,9,13,16-17H,1-4,8,15H2. The van der Waals surface area contributed by atoms with E-state index in [0.29, 0.717) is 10.2 Å². The lowest BCUT2D eigenvalue weighted by Crippen LogP contribution is -2.36. The van der Waals surface area contributed by atoms with E-state index < -0.39 is 16.1 Å². The number of nitrogens with one attached hydrogen (secondary N) is 1. The number of halogens is 1. The molecule has 1 aliphatic carbocycles. The van der Waals surface area contributed by atoms with Crippen LogP contribution in [0.5, 0.6) is 0 Å². The number of anilines is 1. The first-order valence-electron chi connectivity index (χ1n) is 6.63. The minimum absolute atomic E-state index is 0.00804. The molecule has 0 radical (unpaired) electrons. The zero-order valence-electron chi connectivity index (χ0n) is 11.0. The summed E-state index contributed by atoms with van der Waals surface area (Å²) in [5.41, 5.74) is 6.08. The average molecular weight is 363 g/mol. The normalized spacial score (nSPS) is 23.7. The van der Waals surface area contributed by atoms with Gasteiger partial charge in [-0.25, -0.2) is 13.1 Å². The molecule has 1 fully saturated rings. The van der Waals surface area contributed by atoms with Gasteiger partial charge in [0.1, 0.15) is 0 Å². The molecule has 0 amide bonds. The Morgan fingerprint density at radius 2 is 2.05 bits per heavy atom. The van der Waals surface area contributed by atoms with Crippen LogP contribution in [0.3, 0.4) is 0 Å². The van der Waals surface area contributed by atoms with Crippen LogP contribution in [0, 0.1) is 5.92 Å².